The van der Waals surface area contributed by atoms with Crippen LogP contribution in [-0.2, 0) is 6.18 Å². The van der Waals surface area contributed by atoms with Gasteiger partial charge in [-0.3, -0.25) is 0 Å². The lowest BCUT2D eigenvalue weighted by Crippen LogP contribution is -2.44. The van der Waals surface area contributed by atoms with E-state index in [1.54, 1.807) is 0 Å². The van der Waals surface area contributed by atoms with Crippen LogP contribution in [0.1, 0.15) is 5.56 Å². The summed E-state index contributed by atoms with van der Waals surface area (Å²) >= 11 is 0. The van der Waals surface area contributed by atoms with Crippen LogP contribution < -0.4 is 10.2 Å². The van der Waals surface area contributed by atoms with Crippen LogP contribution in [0.3, 0.4) is 0 Å². The second kappa shape index (κ2) is 6.64. The second-order valence-electron chi connectivity index (χ2n) is 5.76. The molecule has 2 aromatic rings. The number of likely N-dealkylation sites (N-methyl/N-ethyl adjacent to an activating group) is 1. The van der Waals surface area contributed by atoms with Crippen LogP contribution in [0, 0.1) is 0 Å². The number of anilines is 3. The van der Waals surface area contributed by atoms with Crippen molar-refractivity contribution in [3.63, 3.8) is 0 Å². The predicted octanol–water partition coefficient (Wildman–Crippen LogP) is 2.99. The average Bonchev–Trinajstić information content (AvgIpc) is 2.55. The smallest absolute Gasteiger partial charge is 0.369 e. The van der Waals surface area contributed by atoms with Crippen LogP contribution in [0.2, 0.25) is 0 Å². The molecule has 0 amide bonds. The zero-order valence-corrected chi connectivity index (χ0v) is 13.2. The molecular weight excluding hydrogens is 319 g/mol. The molecule has 1 fully saturated rings. The number of alkyl halides is 3. The van der Waals surface area contributed by atoms with Gasteiger partial charge in [0.1, 0.15) is 0 Å². The zero-order valence-electron chi connectivity index (χ0n) is 13.2. The summed E-state index contributed by atoms with van der Waals surface area (Å²) < 4.78 is 37.6. The summed E-state index contributed by atoms with van der Waals surface area (Å²) in [5.41, 5.74) is 0.949. The summed E-state index contributed by atoms with van der Waals surface area (Å²) in [4.78, 5) is 12.0. The second-order valence-corrected chi connectivity index (χ2v) is 5.76. The number of rotatable bonds is 3. The minimum atomic E-state index is -4.43. The molecule has 0 radical (unpaired) electrons. The minimum Gasteiger partial charge on any atom is -0.369 e. The van der Waals surface area contributed by atoms with Crippen molar-refractivity contribution in [1.82, 2.24) is 14.9 Å². The number of hydrogen-bond donors (Lipinski definition) is 1. The molecule has 5 nitrogen and oxygen atoms in total. The molecule has 3 rings (SSSR count). The third kappa shape index (κ3) is 3.94. The summed E-state index contributed by atoms with van der Waals surface area (Å²) in [6.07, 6.45) is -2.88. The van der Waals surface area contributed by atoms with E-state index < -0.39 is 11.7 Å². The summed E-state index contributed by atoms with van der Waals surface area (Å²) in [6.45, 7) is 3.88. The molecule has 0 spiro atoms. The van der Waals surface area contributed by atoms with E-state index in [0.29, 0.717) is 0 Å². The summed E-state index contributed by atoms with van der Waals surface area (Å²) in [5, 5.41) is 2.94. The number of hydrogen-bond acceptors (Lipinski definition) is 5. The first-order chi connectivity index (χ1) is 11.4. The van der Waals surface area contributed by atoms with Crippen LogP contribution in [0.4, 0.5) is 30.5 Å². The molecule has 0 saturated carbocycles. The lowest BCUT2D eigenvalue weighted by atomic mass is 10.2. The number of aromatic nitrogens is 2. The van der Waals surface area contributed by atoms with E-state index in [9.17, 15) is 13.2 Å². The van der Waals surface area contributed by atoms with Crippen molar-refractivity contribution in [1.29, 1.82) is 0 Å². The third-order valence-corrected chi connectivity index (χ3v) is 3.95. The molecule has 2 heterocycles. The molecule has 8 heteroatoms. The number of nitrogens with zero attached hydrogens (tertiary/aromatic N) is 4. The summed E-state index contributed by atoms with van der Waals surface area (Å²) in [7, 11) is 2.09. The molecule has 0 unspecified atom stereocenters. The van der Waals surface area contributed by atoms with Crippen molar-refractivity contribution in [2.45, 2.75) is 6.18 Å². The molecule has 1 aliphatic rings. The zero-order chi connectivity index (χ0) is 17.2. The minimum absolute atomic E-state index is 0.138. The maximum absolute atomic E-state index is 12.5. The quantitative estimate of drug-likeness (QED) is 0.933. The first-order valence-electron chi connectivity index (χ1n) is 7.62. The number of halogens is 3. The highest BCUT2D eigenvalue weighted by molar-refractivity contribution is 5.62. The fourth-order valence-electron chi connectivity index (χ4n) is 2.51. The van der Waals surface area contributed by atoms with Crippen molar-refractivity contribution >= 4 is 17.3 Å². The highest BCUT2D eigenvalue weighted by atomic mass is 19.4. The van der Waals surface area contributed by atoms with Crippen LogP contribution in [0.5, 0.6) is 0 Å². The van der Waals surface area contributed by atoms with Gasteiger partial charge in [-0.2, -0.15) is 13.2 Å². The Bertz CT molecular complexity index is 679. The molecule has 0 aliphatic carbocycles. The average molecular weight is 337 g/mol. The standard InChI is InChI=1S/C16H18F3N5/c1-23-5-7-24(8-6-23)14-4-2-3-13(9-14)22-15-20-10-12(11-21-15)16(17,18)19/h2-4,9-11H,5-8H2,1H3,(H,20,21,22). The Labute approximate surface area is 138 Å². The van der Waals surface area contributed by atoms with Crippen LogP contribution in [-0.4, -0.2) is 48.1 Å². The van der Waals surface area contributed by atoms with Gasteiger partial charge < -0.3 is 15.1 Å². The van der Waals surface area contributed by atoms with Gasteiger partial charge >= 0.3 is 6.18 Å². The molecule has 1 aromatic carbocycles. The lowest BCUT2D eigenvalue weighted by molar-refractivity contribution is -0.138. The van der Waals surface area contributed by atoms with Crippen molar-refractivity contribution in [3.8, 4) is 0 Å². The van der Waals surface area contributed by atoms with Crippen LogP contribution in [0.15, 0.2) is 36.7 Å². The topological polar surface area (TPSA) is 44.3 Å². The number of benzene rings is 1. The van der Waals surface area contributed by atoms with Gasteiger partial charge in [0, 0.05) is 49.9 Å². The monoisotopic (exact) mass is 337 g/mol. The lowest BCUT2D eigenvalue weighted by Gasteiger charge is -2.34. The van der Waals surface area contributed by atoms with E-state index in [0.717, 1.165) is 49.9 Å². The van der Waals surface area contributed by atoms with E-state index in [1.807, 2.05) is 24.3 Å². The SMILES string of the molecule is CN1CCN(c2cccc(Nc3ncc(C(F)(F)F)cn3)c2)CC1. The largest absolute Gasteiger partial charge is 0.419 e. The fraction of sp³-hybridized carbons (Fsp3) is 0.375. The number of piperazine rings is 1. The van der Waals surface area contributed by atoms with Gasteiger partial charge in [-0.05, 0) is 25.2 Å². The molecule has 128 valence electrons. The Kier molecular flexibility index (Phi) is 4.57. The predicted molar refractivity (Wildman–Crippen MR) is 86.5 cm³/mol. The maximum Gasteiger partial charge on any atom is 0.419 e. The molecule has 1 aromatic heterocycles. The number of nitrogens with one attached hydrogen (secondary N) is 1. The molecule has 24 heavy (non-hydrogen) atoms. The first-order valence-corrected chi connectivity index (χ1v) is 7.62. The van der Waals surface area contributed by atoms with Gasteiger partial charge in [0.15, 0.2) is 0 Å². The highest BCUT2D eigenvalue weighted by Crippen LogP contribution is 2.28. The van der Waals surface area contributed by atoms with E-state index in [-0.39, 0.29) is 5.95 Å². The molecule has 1 aliphatic heterocycles. The molecule has 0 bridgehead atoms. The van der Waals surface area contributed by atoms with E-state index in [1.165, 1.54) is 0 Å². The fourth-order valence-corrected chi connectivity index (χ4v) is 2.51. The summed E-state index contributed by atoms with van der Waals surface area (Å²) in [6, 6.07) is 7.71. The van der Waals surface area contributed by atoms with Gasteiger partial charge in [0.25, 0.3) is 0 Å². The van der Waals surface area contributed by atoms with Gasteiger partial charge in [-0.1, -0.05) is 6.07 Å². The highest BCUT2D eigenvalue weighted by Gasteiger charge is 2.31. The molecule has 0 atom stereocenters. The Hall–Kier alpha value is -2.35. The Balaban J connectivity index is 1.70. The van der Waals surface area contributed by atoms with Crippen molar-refractivity contribution in [2.24, 2.45) is 0 Å². The van der Waals surface area contributed by atoms with E-state index in [2.05, 4.69) is 32.1 Å². The molecular formula is C16H18F3N5. The van der Waals surface area contributed by atoms with Gasteiger partial charge in [0.05, 0.1) is 5.56 Å². The Morgan fingerprint density at radius 2 is 1.71 bits per heavy atom. The normalized spacial score (nSPS) is 16.2. The van der Waals surface area contributed by atoms with Crippen molar-refractivity contribution in [2.75, 3.05) is 43.4 Å². The van der Waals surface area contributed by atoms with Gasteiger partial charge in [-0.25, -0.2) is 9.97 Å². The van der Waals surface area contributed by atoms with Gasteiger partial charge in [-0.15, -0.1) is 0 Å². The van der Waals surface area contributed by atoms with Crippen molar-refractivity contribution in [3.05, 3.63) is 42.2 Å². The Morgan fingerprint density at radius 3 is 2.33 bits per heavy atom. The van der Waals surface area contributed by atoms with Gasteiger partial charge in [0.2, 0.25) is 5.95 Å². The van der Waals surface area contributed by atoms with Crippen LogP contribution in [0.25, 0.3) is 0 Å². The first kappa shape index (κ1) is 16.5. The van der Waals surface area contributed by atoms with E-state index >= 15 is 0 Å². The molecule has 1 N–H and O–H groups in total. The molecule has 1 saturated heterocycles. The maximum atomic E-state index is 12.5. The summed E-state index contributed by atoms with van der Waals surface area (Å²) in [5.74, 6) is 0.138. The third-order valence-electron chi connectivity index (χ3n) is 3.95. The van der Waals surface area contributed by atoms with Crippen LogP contribution >= 0.6 is 0 Å². The Morgan fingerprint density at radius 1 is 1.04 bits per heavy atom. The van der Waals surface area contributed by atoms with E-state index in [4.69, 9.17) is 0 Å². The van der Waals surface area contributed by atoms with Crippen molar-refractivity contribution < 1.29 is 13.2 Å².